The summed E-state index contributed by atoms with van der Waals surface area (Å²) in [6.07, 6.45) is 0.993. The highest BCUT2D eigenvalue weighted by Crippen LogP contribution is 2.23. The highest BCUT2D eigenvalue weighted by atomic mass is 79.9. The van der Waals surface area contributed by atoms with Gasteiger partial charge in [0.05, 0.1) is 12.2 Å². The Morgan fingerprint density at radius 2 is 2.11 bits per heavy atom. The molecule has 0 unspecified atom stereocenters. The molecule has 1 rings (SSSR count). The van der Waals surface area contributed by atoms with E-state index in [0.717, 1.165) is 28.8 Å². The Hall–Kier alpha value is -0.580. The molecule has 3 nitrogen and oxygen atoms in total. The molecule has 0 heterocycles. The zero-order chi connectivity index (χ0) is 13.6. The van der Waals surface area contributed by atoms with Gasteiger partial charge in [0.2, 0.25) is 0 Å². The summed E-state index contributed by atoms with van der Waals surface area (Å²) in [5.41, 5.74) is 0.401. The van der Waals surface area contributed by atoms with E-state index in [2.05, 4.69) is 28.2 Å². The Bertz CT molecular complexity index is 375. The Kier molecular flexibility index (Phi) is 6.12. The van der Waals surface area contributed by atoms with Crippen LogP contribution in [0.4, 0.5) is 0 Å². The van der Waals surface area contributed by atoms with Crippen LogP contribution in [0.25, 0.3) is 0 Å². The molecular formula is C14H22BrNO2. The standard InChI is InChI=1S/C14H22BrNO2/c1-4-7-18-13-6-5-12(15)8-11(13)9-16-10-14(2,3)17/h5-6,8,16-17H,4,7,9-10H2,1-3H3. The van der Waals surface area contributed by atoms with Crippen LogP contribution in [0.3, 0.4) is 0 Å². The summed E-state index contributed by atoms with van der Waals surface area (Å²) in [4.78, 5) is 0. The molecule has 0 aliphatic heterocycles. The van der Waals surface area contributed by atoms with Gasteiger partial charge in [-0.25, -0.2) is 0 Å². The number of hydrogen-bond donors (Lipinski definition) is 2. The Morgan fingerprint density at radius 3 is 2.72 bits per heavy atom. The fourth-order valence-electron chi connectivity index (χ4n) is 1.54. The molecule has 0 aliphatic carbocycles. The molecule has 0 bridgehead atoms. The summed E-state index contributed by atoms with van der Waals surface area (Å²) in [5, 5.41) is 12.9. The molecule has 0 saturated heterocycles. The van der Waals surface area contributed by atoms with E-state index in [9.17, 15) is 5.11 Å². The van der Waals surface area contributed by atoms with Gasteiger partial charge in [0, 0.05) is 23.1 Å². The minimum absolute atomic E-state index is 0.548. The summed E-state index contributed by atoms with van der Waals surface area (Å²) in [6, 6.07) is 5.99. The van der Waals surface area contributed by atoms with Crippen molar-refractivity contribution in [1.82, 2.24) is 5.32 Å². The van der Waals surface area contributed by atoms with Crippen LogP contribution in [0, 0.1) is 0 Å². The Labute approximate surface area is 118 Å². The van der Waals surface area contributed by atoms with E-state index in [0.29, 0.717) is 13.1 Å². The van der Waals surface area contributed by atoms with Crippen molar-refractivity contribution in [3.05, 3.63) is 28.2 Å². The van der Waals surface area contributed by atoms with Gasteiger partial charge < -0.3 is 15.2 Å². The second kappa shape index (κ2) is 7.12. The molecule has 0 saturated carbocycles. The van der Waals surface area contributed by atoms with Crippen LogP contribution >= 0.6 is 15.9 Å². The first-order valence-electron chi connectivity index (χ1n) is 6.26. The van der Waals surface area contributed by atoms with Crippen molar-refractivity contribution in [2.24, 2.45) is 0 Å². The van der Waals surface area contributed by atoms with Crippen molar-refractivity contribution in [3.63, 3.8) is 0 Å². The van der Waals surface area contributed by atoms with Gasteiger partial charge in [-0.15, -0.1) is 0 Å². The number of hydrogen-bond acceptors (Lipinski definition) is 3. The molecule has 0 spiro atoms. The Balaban J connectivity index is 2.64. The molecule has 0 fully saturated rings. The molecule has 0 aromatic heterocycles. The largest absolute Gasteiger partial charge is 0.493 e. The third-order valence-electron chi connectivity index (χ3n) is 2.36. The maximum absolute atomic E-state index is 9.66. The van der Waals surface area contributed by atoms with Gasteiger partial charge in [-0.05, 0) is 38.5 Å². The number of aliphatic hydroxyl groups is 1. The second-order valence-corrected chi connectivity index (χ2v) is 5.93. The van der Waals surface area contributed by atoms with Crippen LogP contribution in [-0.4, -0.2) is 23.9 Å². The number of ether oxygens (including phenoxy) is 1. The van der Waals surface area contributed by atoms with Crippen molar-refractivity contribution >= 4 is 15.9 Å². The number of benzene rings is 1. The average molecular weight is 316 g/mol. The molecule has 4 heteroatoms. The third-order valence-corrected chi connectivity index (χ3v) is 2.85. The monoisotopic (exact) mass is 315 g/mol. The zero-order valence-corrected chi connectivity index (χ0v) is 12.9. The maximum atomic E-state index is 9.66. The first kappa shape index (κ1) is 15.5. The van der Waals surface area contributed by atoms with Gasteiger partial charge in [0.1, 0.15) is 5.75 Å². The van der Waals surface area contributed by atoms with Gasteiger partial charge in [-0.2, -0.15) is 0 Å². The van der Waals surface area contributed by atoms with Gasteiger partial charge in [0.15, 0.2) is 0 Å². The van der Waals surface area contributed by atoms with Crippen LogP contribution in [0.1, 0.15) is 32.8 Å². The minimum Gasteiger partial charge on any atom is -0.493 e. The number of halogens is 1. The van der Waals surface area contributed by atoms with E-state index in [1.165, 1.54) is 0 Å². The predicted molar refractivity (Wildman–Crippen MR) is 77.9 cm³/mol. The predicted octanol–water partition coefficient (Wildman–Crippen LogP) is 3.10. The third kappa shape index (κ3) is 5.85. The van der Waals surface area contributed by atoms with Gasteiger partial charge in [-0.1, -0.05) is 22.9 Å². The van der Waals surface area contributed by atoms with Crippen molar-refractivity contribution < 1.29 is 9.84 Å². The normalized spacial score (nSPS) is 11.6. The van der Waals surface area contributed by atoms with Crippen molar-refractivity contribution in [2.45, 2.75) is 39.3 Å². The smallest absolute Gasteiger partial charge is 0.123 e. The van der Waals surface area contributed by atoms with Gasteiger partial charge >= 0.3 is 0 Å². The first-order chi connectivity index (χ1) is 8.42. The van der Waals surface area contributed by atoms with Crippen molar-refractivity contribution in [2.75, 3.05) is 13.2 Å². The second-order valence-electron chi connectivity index (χ2n) is 5.02. The van der Waals surface area contributed by atoms with Crippen LogP contribution < -0.4 is 10.1 Å². The molecule has 0 radical (unpaired) electrons. The SMILES string of the molecule is CCCOc1ccc(Br)cc1CNCC(C)(C)O. The highest BCUT2D eigenvalue weighted by molar-refractivity contribution is 9.10. The van der Waals surface area contributed by atoms with E-state index in [-0.39, 0.29) is 0 Å². The lowest BCUT2D eigenvalue weighted by Gasteiger charge is -2.18. The van der Waals surface area contributed by atoms with Crippen molar-refractivity contribution in [1.29, 1.82) is 0 Å². The maximum Gasteiger partial charge on any atom is 0.123 e. The van der Waals surface area contributed by atoms with Crippen LogP contribution in [0.5, 0.6) is 5.75 Å². The average Bonchev–Trinajstić information content (AvgIpc) is 2.26. The molecule has 0 amide bonds. The van der Waals surface area contributed by atoms with E-state index in [1.807, 2.05) is 18.2 Å². The lowest BCUT2D eigenvalue weighted by atomic mass is 10.1. The lowest BCUT2D eigenvalue weighted by Crippen LogP contribution is -2.34. The molecule has 18 heavy (non-hydrogen) atoms. The van der Waals surface area contributed by atoms with Crippen molar-refractivity contribution in [3.8, 4) is 5.75 Å². The topological polar surface area (TPSA) is 41.5 Å². The van der Waals surface area contributed by atoms with Gasteiger partial charge in [0.25, 0.3) is 0 Å². The number of rotatable bonds is 7. The molecule has 102 valence electrons. The van der Waals surface area contributed by atoms with E-state index in [1.54, 1.807) is 13.8 Å². The summed E-state index contributed by atoms with van der Waals surface area (Å²) >= 11 is 3.46. The fourth-order valence-corrected chi connectivity index (χ4v) is 1.95. The molecule has 1 aromatic rings. The highest BCUT2D eigenvalue weighted by Gasteiger charge is 2.12. The van der Waals surface area contributed by atoms with Crippen LogP contribution in [0.2, 0.25) is 0 Å². The van der Waals surface area contributed by atoms with E-state index in [4.69, 9.17) is 4.74 Å². The molecular weight excluding hydrogens is 294 g/mol. The van der Waals surface area contributed by atoms with Gasteiger partial charge in [-0.3, -0.25) is 0 Å². The fraction of sp³-hybridized carbons (Fsp3) is 0.571. The summed E-state index contributed by atoms with van der Waals surface area (Å²) in [6.45, 7) is 7.62. The molecule has 0 aliphatic rings. The van der Waals surface area contributed by atoms with Crippen LogP contribution in [0.15, 0.2) is 22.7 Å². The lowest BCUT2D eigenvalue weighted by molar-refractivity contribution is 0.0794. The summed E-state index contributed by atoms with van der Waals surface area (Å²) < 4.78 is 6.73. The number of nitrogens with one attached hydrogen (secondary N) is 1. The zero-order valence-electron chi connectivity index (χ0n) is 11.3. The first-order valence-corrected chi connectivity index (χ1v) is 7.06. The van der Waals surface area contributed by atoms with Crippen LogP contribution in [-0.2, 0) is 6.54 Å². The molecule has 1 aromatic carbocycles. The minimum atomic E-state index is -0.698. The van der Waals surface area contributed by atoms with E-state index < -0.39 is 5.60 Å². The summed E-state index contributed by atoms with van der Waals surface area (Å²) in [5.74, 6) is 0.906. The summed E-state index contributed by atoms with van der Waals surface area (Å²) in [7, 11) is 0. The molecule has 2 N–H and O–H groups in total. The quantitative estimate of drug-likeness (QED) is 0.812. The Morgan fingerprint density at radius 1 is 1.39 bits per heavy atom. The molecule has 0 atom stereocenters. The van der Waals surface area contributed by atoms with E-state index >= 15 is 0 Å².